The van der Waals surface area contributed by atoms with E-state index in [0.29, 0.717) is 0 Å². The van der Waals surface area contributed by atoms with Crippen molar-refractivity contribution in [2.45, 2.75) is 6.92 Å². The Hall–Kier alpha value is -0.780. The Morgan fingerprint density at radius 3 is 2.62 bits per heavy atom. The molecule has 1 aromatic carbocycles. The zero-order valence-electron chi connectivity index (χ0n) is 4.94. The van der Waals surface area contributed by atoms with Crippen LogP contribution in [0.15, 0.2) is 18.2 Å². The summed E-state index contributed by atoms with van der Waals surface area (Å²) in [5, 5.41) is 0. The maximum atomic E-state index is 3.73. The molecule has 0 unspecified atom stereocenters. The Morgan fingerprint density at radius 2 is 2.25 bits per heavy atom. The summed E-state index contributed by atoms with van der Waals surface area (Å²) in [5.74, 6) is 0. The van der Waals surface area contributed by atoms with Gasteiger partial charge < -0.3 is 0 Å². The van der Waals surface area contributed by atoms with Crippen molar-refractivity contribution in [2.75, 3.05) is 0 Å². The third-order valence-electron chi connectivity index (χ3n) is 1.00. The summed E-state index contributed by atoms with van der Waals surface area (Å²) in [6.45, 7) is 5.73. The average molecular weight is 104 g/mol. The molecular weight excluding hydrogens is 96.1 g/mol. The normalized spacial score (nSPS) is 9.25. The highest BCUT2D eigenvalue weighted by Crippen LogP contribution is 1.98. The van der Waals surface area contributed by atoms with Gasteiger partial charge in [-0.3, -0.25) is 0 Å². The SMILES string of the molecule is [CH2]c1[c-]c(C)ccc1. The first-order valence-corrected chi connectivity index (χ1v) is 2.60. The lowest BCUT2D eigenvalue weighted by molar-refractivity contribution is 1.43. The van der Waals surface area contributed by atoms with Crippen molar-refractivity contribution in [3.63, 3.8) is 0 Å². The van der Waals surface area contributed by atoms with E-state index in [-0.39, 0.29) is 0 Å². The highest BCUT2D eigenvalue weighted by Gasteiger charge is 1.70. The van der Waals surface area contributed by atoms with E-state index in [1.54, 1.807) is 0 Å². The second kappa shape index (κ2) is 1.99. The van der Waals surface area contributed by atoms with Crippen LogP contribution in [0.2, 0.25) is 0 Å². The van der Waals surface area contributed by atoms with Gasteiger partial charge >= 0.3 is 0 Å². The van der Waals surface area contributed by atoms with Crippen LogP contribution in [0.5, 0.6) is 0 Å². The van der Waals surface area contributed by atoms with Gasteiger partial charge in [0, 0.05) is 0 Å². The quantitative estimate of drug-likeness (QED) is 0.441. The molecule has 0 saturated heterocycles. The van der Waals surface area contributed by atoms with Gasteiger partial charge in [0.2, 0.25) is 0 Å². The summed E-state index contributed by atoms with van der Waals surface area (Å²) in [5.41, 5.74) is 2.11. The van der Waals surface area contributed by atoms with Crippen molar-refractivity contribution >= 4 is 0 Å². The predicted molar refractivity (Wildman–Crippen MR) is 34.5 cm³/mol. The minimum absolute atomic E-state index is 0.963. The molecule has 0 atom stereocenters. The predicted octanol–water partition coefficient (Wildman–Crippen LogP) is 1.98. The summed E-state index contributed by atoms with van der Waals surface area (Å²) in [4.78, 5) is 0. The van der Waals surface area contributed by atoms with Gasteiger partial charge in [-0.25, -0.2) is 0 Å². The van der Waals surface area contributed by atoms with Crippen LogP contribution in [0.3, 0.4) is 0 Å². The minimum atomic E-state index is 0.963. The van der Waals surface area contributed by atoms with Gasteiger partial charge in [0.25, 0.3) is 0 Å². The molecule has 0 heteroatoms. The van der Waals surface area contributed by atoms with Crippen LogP contribution in [0, 0.1) is 19.9 Å². The number of aryl methyl sites for hydroxylation is 1. The van der Waals surface area contributed by atoms with Gasteiger partial charge in [-0.1, -0.05) is 6.92 Å². The van der Waals surface area contributed by atoms with Gasteiger partial charge in [0.15, 0.2) is 0 Å². The van der Waals surface area contributed by atoms with Crippen molar-refractivity contribution in [3.8, 4) is 0 Å². The monoisotopic (exact) mass is 104 g/mol. The van der Waals surface area contributed by atoms with Crippen LogP contribution in [0.4, 0.5) is 0 Å². The molecule has 0 N–H and O–H groups in total. The van der Waals surface area contributed by atoms with E-state index in [0.717, 1.165) is 11.1 Å². The first kappa shape index (κ1) is 5.36. The molecule has 0 aliphatic carbocycles. The van der Waals surface area contributed by atoms with E-state index < -0.39 is 0 Å². The molecule has 0 nitrogen and oxygen atoms in total. The molecule has 0 amide bonds. The lowest BCUT2D eigenvalue weighted by Gasteiger charge is -2.00. The molecule has 0 bridgehead atoms. The van der Waals surface area contributed by atoms with Crippen molar-refractivity contribution in [1.29, 1.82) is 0 Å². The zero-order valence-corrected chi connectivity index (χ0v) is 4.94. The smallest absolute Gasteiger partial charge is 0.0488 e. The van der Waals surface area contributed by atoms with Crippen molar-refractivity contribution < 1.29 is 0 Å². The van der Waals surface area contributed by atoms with E-state index in [1.807, 2.05) is 25.1 Å². The molecule has 8 heavy (non-hydrogen) atoms. The third kappa shape index (κ3) is 1.09. The largest absolute Gasteiger partial charge is 0.177 e. The minimum Gasteiger partial charge on any atom is -0.177 e. The molecule has 1 rings (SSSR count). The molecule has 0 spiro atoms. The highest BCUT2D eigenvalue weighted by atomic mass is 13.9. The number of benzene rings is 1. The maximum Gasteiger partial charge on any atom is -0.0488 e. The van der Waals surface area contributed by atoms with Gasteiger partial charge in [-0.2, -0.15) is 35.4 Å². The van der Waals surface area contributed by atoms with Crippen LogP contribution in [0.1, 0.15) is 11.1 Å². The van der Waals surface area contributed by atoms with Crippen molar-refractivity contribution in [2.24, 2.45) is 0 Å². The van der Waals surface area contributed by atoms with Crippen molar-refractivity contribution in [3.05, 3.63) is 42.3 Å². The van der Waals surface area contributed by atoms with Crippen LogP contribution in [-0.2, 0) is 0 Å². The second-order valence-corrected chi connectivity index (χ2v) is 1.86. The van der Waals surface area contributed by atoms with Gasteiger partial charge in [-0.05, 0) is 6.92 Å². The fourth-order valence-corrected chi connectivity index (χ4v) is 0.645. The second-order valence-electron chi connectivity index (χ2n) is 1.86. The lowest BCUT2D eigenvalue weighted by atomic mass is 10.2. The van der Waals surface area contributed by atoms with E-state index in [4.69, 9.17) is 0 Å². The molecule has 0 saturated carbocycles. The molecule has 0 aromatic heterocycles. The molecule has 41 valence electrons. The molecular formula is C8H8-. The van der Waals surface area contributed by atoms with Crippen molar-refractivity contribution in [1.82, 2.24) is 0 Å². The van der Waals surface area contributed by atoms with E-state index in [2.05, 4.69) is 13.0 Å². The van der Waals surface area contributed by atoms with Crippen LogP contribution >= 0.6 is 0 Å². The summed E-state index contributed by atoms with van der Waals surface area (Å²) < 4.78 is 0. The van der Waals surface area contributed by atoms with E-state index in [1.165, 1.54) is 0 Å². The van der Waals surface area contributed by atoms with Crippen LogP contribution in [-0.4, -0.2) is 0 Å². The Bertz CT molecular complexity index is 160. The Balaban J connectivity index is 3.08. The van der Waals surface area contributed by atoms with Gasteiger partial charge in [0.1, 0.15) is 0 Å². The molecule has 1 radical (unpaired) electrons. The number of rotatable bonds is 0. The molecule has 0 fully saturated rings. The van der Waals surface area contributed by atoms with Gasteiger partial charge in [0.05, 0.1) is 0 Å². The van der Waals surface area contributed by atoms with Crippen LogP contribution < -0.4 is 0 Å². The summed E-state index contributed by atoms with van der Waals surface area (Å²) >= 11 is 0. The van der Waals surface area contributed by atoms with E-state index in [9.17, 15) is 0 Å². The fraction of sp³-hybridized carbons (Fsp3) is 0.125. The topological polar surface area (TPSA) is 0 Å². The zero-order chi connectivity index (χ0) is 5.98. The fourth-order valence-electron chi connectivity index (χ4n) is 0.645. The summed E-state index contributed by atoms with van der Waals surface area (Å²) in [6, 6.07) is 8.99. The highest BCUT2D eigenvalue weighted by molar-refractivity contribution is 5.22. The first-order valence-electron chi connectivity index (χ1n) is 2.60. The molecule has 0 aliphatic rings. The lowest BCUT2D eigenvalue weighted by Crippen LogP contribution is -1.72. The van der Waals surface area contributed by atoms with E-state index >= 15 is 0 Å². The first-order chi connectivity index (χ1) is 3.79. The Kier molecular flexibility index (Phi) is 1.34. The molecule has 0 aliphatic heterocycles. The Morgan fingerprint density at radius 1 is 1.50 bits per heavy atom. The summed E-state index contributed by atoms with van der Waals surface area (Å²) in [6.07, 6.45) is 0. The molecule has 1 aromatic rings. The summed E-state index contributed by atoms with van der Waals surface area (Å²) in [7, 11) is 0. The standard InChI is InChI=1S/C8H8/c1-7-4-3-5-8(2)6-7/h3-5H,1H2,2H3/q-1. The number of hydrogen-bond donors (Lipinski definition) is 0. The number of hydrogen-bond acceptors (Lipinski definition) is 0. The maximum absolute atomic E-state index is 3.73. The Labute approximate surface area is 50.2 Å². The van der Waals surface area contributed by atoms with Crippen LogP contribution in [0.25, 0.3) is 0 Å². The van der Waals surface area contributed by atoms with Gasteiger partial charge in [-0.15, -0.1) is 0 Å². The molecule has 0 heterocycles. The average Bonchev–Trinajstić information content (AvgIpc) is 1.64. The third-order valence-corrected chi connectivity index (χ3v) is 1.00.